The van der Waals surface area contributed by atoms with Crippen LogP contribution in [0.1, 0.15) is 31.7 Å². The van der Waals surface area contributed by atoms with E-state index in [1.54, 1.807) is 6.20 Å². The van der Waals surface area contributed by atoms with Gasteiger partial charge < -0.3 is 14.8 Å². The van der Waals surface area contributed by atoms with Crippen LogP contribution in [0.4, 0.5) is 4.39 Å². The van der Waals surface area contributed by atoms with Gasteiger partial charge in [0.15, 0.2) is 0 Å². The minimum absolute atomic E-state index is 0. The van der Waals surface area contributed by atoms with E-state index >= 15 is 4.39 Å². The van der Waals surface area contributed by atoms with Gasteiger partial charge in [-0.1, -0.05) is 0 Å². The zero-order valence-electron chi connectivity index (χ0n) is 17.8. The van der Waals surface area contributed by atoms with E-state index in [1.807, 2.05) is 18.5 Å². The third kappa shape index (κ3) is 4.37. The van der Waals surface area contributed by atoms with Gasteiger partial charge in [-0.15, -0.1) is 12.4 Å². The first kappa shape index (κ1) is 22.7. The Labute approximate surface area is 190 Å². The fourth-order valence-corrected chi connectivity index (χ4v) is 4.97. The Kier molecular flexibility index (Phi) is 6.50. The smallest absolute Gasteiger partial charge is 0.332 e. The van der Waals surface area contributed by atoms with Gasteiger partial charge in [0.1, 0.15) is 5.67 Å². The number of hydrogen-bond acceptors (Lipinski definition) is 5. The van der Waals surface area contributed by atoms with Crippen molar-refractivity contribution in [2.45, 2.75) is 37.4 Å². The Morgan fingerprint density at radius 1 is 1.09 bits per heavy atom. The van der Waals surface area contributed by atoms with Crippen molar-refractivity contribution in [3.63, 3.8) is 0 Å². The molecule has 0 radical (unpaired) electrons. The maximum Gasteiger partial charge on any atom is 0.332 e. The first-order valence-electron chi connectivity index (χ1n) is 10.9. The topological polar surface area (TPSA) is 87.9 Å². The van der Waals surface area contributed by atoms with Crippen LogP contribution >= 0.6 is 12.4 Å². The molecule has 0 saturated carbocycles. The first-order valence-corrected chi connectivity index (χ1v) is 10.9. The lowest BCUT2D eigenvalue weighted by Crippen LogP contribution is -2.48. The monoisotopic (exact) mass is 462 g/mol. The summed E-state index contributed by atoms with van der Waals surface area (Å²) in [5, 5.41) is 4.14. The normalized spacial score (nSPS) is 19.7. The van der Waals surface area contributed by atoms with Crippen molar-refractivity contribution in [3.8, 4) is 5.69 Å². The lowest BCUT2D eigenvalue weighted by molar-refractivity contribution is 0.0472. The zero-order chi connectivity index (χ0) is 21.4. The van der Waals surface area contributed by atoms with Gasteiger partial charge in [0.25, 0.3) is 5.56 Å². The molecule has 2 aliphatic heterocycles. The number of H-pyrrole nitrogens is 1. The van der Waals surface area contributed by atoms with Gasteiger partial charge in [-0.3, -0.25) is 19.3 Å². The van der Waals surface area contributed by atoms with E-state index < -0.39 is 16.9 Å². The minimum Gasteiger partial charge on any atom is -0.343 e. The van der Waals surface area contributed by atoms with Gasteiger partial charge in [-0.2, -0.15) is 0 Å². The average Bonchev–Trinajstić information content (AvgIpc) is 3.19. The fourth-order valence-electron chi connectivity index (χ4n) is 4.97. The molecule has 5 rings (SSSR count). The van der Waals surface area contributed by atoms with Crippen LogP contribution in [0, 0.1) is 0 Å². The van der Waals surface area contributed by atoms with Crippen molar-refractivity contribution in [2.75, 3.05) is 32.7 Å². The summed E-state index contributed by atoms with van der Waals surface area (Å²) in [6, 6.07) is 3.62. The number of aromatic amines is 1. The van der Waals surface area contributed by atoms with Crippen LogP contribution in [0.5, 0.6) is 0 Å². The molecule has 0 aromatic carbocycles. The van der Waals surface area contributed by atoms with Gasteiger partial charge in [0.2, 0.25) is 0 Å². The van der Waals surface area contributed by atoms with Gasteiger partial charge in [-0.05, 0) is 44.8 Å². The molecule has 0 unspecified atom stereocenters. The molecule has 2 N–H and O–H groups in total. The second kappa shape index (κ2) is 9.17. The highest BCUT2D eigenvalue weighted by atomic mass is 35.5. The highest BCUT2D eigenvalue weighted by Crippen LogP contribution is 2.31. The maximum absolute atomic E-state index is 15.1. The summed E-state index contributed by atoms with van der Waals surface area (Å²) in [6.45, 7) is 3.78. The molecular formula is C22H28ClFN6O2. The summed E-state index contributed by atoms with van der Waals surface area (Å²) < 4.78 is 18.7. The van der Waals surface area contributed by atoms with E-state index in [2.05, 4.69) is 24.8 Å². The van der Waals surface area contributed by atoms with Gasteiger partial charge in [0.05, 0.1) is 23.6 Å². The molecule has 2 fully saturated rings. The number of piperidine rings is 2. The van der Waals surface area contributed by atoms with Crippen LogP contribution in [-0.4, -0.2) is 62.4 Å². The molecule has 10 heteroatoms. The predicted molar refractivity (Wildman–Crippen MR) is 124 cm³/mol. The molecule has 8 nitrogen and oxygen atoms in total. The fraction of sp³-hybridized carbons (Fsp3) is 0.500. The number of pyridine rings is 1. The lowest BCUT2D eigenvalue weighted by Gasteiger charge is -2.39. The van der Waals surface area contributed by atoms with E-state index in [9.17, 15) is 9.59 Å². The molecule has 0 aliphatic carbocycles. The molecular weight excluding hydrogens is 435 g/mol. The Balaban J connectivity index is 0.00000245. The molecule has 2 aliphatic rings. The van der Waals surface area contributed by atoms with Gasteiger partial charge in [0, 0.05) is 49.5 Å². The van der Waals surface area contributed by atoms with Gasteiger partial charge >= 0.3 is 5.69 Å². The standard InChI is InChI=1S/C22H27FN6O2.ClH/c23-22(5-7-24-8-6-22)15-27-9-1-16(2-10-27)28-11-3-17-18(28)13-25-14-19(17)29-12-4-20(30)26-21(29)31;/h3-4,11-14,16,24H,1-2,5-10,15H2,(H,26,30,31);1H. The second-order valence-corrected chi connectivity index (χ2v) is 8.70. The highest BCUT2D eigenvalue weighted by Gasteiger charge is 2.35. The number of aromatic nitrogens is 4. The van der Waals surface area contributed by atoms with E-state index in [0.717, 1.165) is 49.9 Å². The van der Waals surface area contributed by atoms with Crippen molar-refractivity contribution in [1.82, 2.24) is 29.3 Å². The molecule has 0 bridgehead atoms. The zero-order valence-corrected chi connectivity index (χ0v) is 18.6. The predicted octanol–water partition coefficient (Wildman–Crippen LogP) is 2.03. The molecule has 2 saturated heterocycles. The molecule has 0 amide bonds. The molecule has 3 aromatic rings. The summed E-state index contributed by atoms with van der Waals surface area (Å²) in [7, 11) is 0. The summed E-state index contributed by atoms with van der Waals surface area (Å²) in [5.74, 6) is 0. The quantitative estimate of drug-likeness (QED) is 0.619. The second-order valence-electron chi connectivity index (χ2n) is 8.70. The first-order chi connectivity index (χ1) is 15.0. The number of fused-ring (bicyclic) bond motifs is 1. The number of nitrogens with zero attached hydrogens (tertiary/aromatic N) is 4. The van der Waals surface area contributed by atoms with Crippen LogP contribution in [0.3, 0.4) is 0 Å². The molecule has 3 aromatic heterocycles. The van der Waals surface area contributed by atoms with Crippen LogP contribution < -0.4 is 16.6 Å². The summed E-state index contributed by atoms with van der Waals surface area (Å²) in [5.41, 5.74) is -0.387. The maximum atomic E-state index is 15.1. The van der Waals surface area contributed by atoms with Crippen molar-refractivity contribution >= 4 is 23.3 Å². The summed E-state index contributed by atoms with van der Waals surface area (Å²) in [6.07, 6.45) is 10.0. The molecule has 32 heavy (non-hydrogen) atoms. The molecule has 172 valence electrons. The number of nitrogens with one attached hydrogen (secondary N) is 2. The van der Waals surface area contributed by atoms with E-state index in [1.165, 1.54) is 16.8 Å². The Morgan fingerprint density at radius 2 is 1.84 bits per heavy atom. The number of hydrogen-bond donors (Lipinski definition) is 2. The van der Waals surface area contributed by atoms with E-state index in [0.29, 0.717) is 31.1 Å². The summed E-state index contributed by atoms with van der Waals surface area (Å²) in [4.78, 5) is 32.5. The highest BCUT2D eigenvalue weighted by molar-refractivity contribution is 5.87. The Bertz CT molecular complexity index is 1190. The third-order valence-corrected chi connectivity index (χ3v) is 6.67. The van der Waals surface area contributed by atoms with E-state index in [-0.39, 0.29) is 12.4 Å². The van der Waals surface area contributed by atoms with Crippen molar-refractivity contribution in [2.24, 2.45) is 0 Å². The van der Waals surface area contributed by atoms with E-state index in [4.69, 9.17) is 0 Å². The van der Waals surface area contributed by atoms with Crippen LogP contribution in [0.2, 0.25) is 0 Å². The Morgan fingerprint density at radius 3 is 2.56 bits per heavy atom. The van der Waals surface area contributed by atoms with Crippen molar-refractivity contribution < 1.29 is 4.39 Å². The molecule has 0 atom stereocenters. The minimum atomic E-state index is -1.07. The largest absolute Gasteiger partial charge is 0.343 e. The summed E-state index contributed by atoms with van der Waals surface area (Å²) >= 11 is 0. The number of alkyl halides is 1. The average molecular weight is 463 g/mol. The number of rotatable bonds is 4. The SMILES string of the molecule is Cl.O=c1ccn(-c2cncc3c2ccn3C2CCN(CC3(F)CCNCC3)CC2)c(=O)[nH]1. The molecule has 5 heterocycles. The van der Waals surface area contributed by atoms with Crippen LogP contribution in [-0.2, 0) is 0 Å². The van der Waals surface area contributed by atoms with Gasteiger partial charge in [-0.25, -0.2) is 9.18 Å². The van der Waals surface area contributed by atoms with Crippen LogP contribution in [0.15, 0.2) is 46.5 Å². The number of halogens is 2. The lowest BCUT2D eigenvalue weighted by atomic mass is 9.92. The number of likely N-dealkylation sites (tertiary alicyclic amines) is 1. The van der Waals surface area contributed by atoms with Crippen LogP contribution in [0.25, 0.3) is 16.6 Å². The van der Waals surface area contributed by atoms with Crippen molar-refractivity contribution in [1.29, 1.82) is 0 Å². The third-order valence-electron chi connectivity index (χ3n) is 6.67. The van der Waals surface area contributed by atoms with Crippen molar-refractivity contribution in [3.05, 3.63) is 57.8 Å². The molecule has 0 spiro atoms. The Hall–Kier alpha value is -2.49.